The standard InChI is InChI=1S/C18H16F2N6O2/c19-11-4-3-10(12(20)8-11)9-26-7-1-2-15(18(26)28)22-17(27)14-6-5-13-16(21-14)24-25-23-13/h3-6,8,15H,1-2,7,9H2,(H,22,27)(H,21,23,24,25)/t15-/m1/s1. The van der Waals surface area contributed by atoms with Crippen LogP contribution in [0.15, 0.2) is 30.3 Å². The van der Waals surface area contributed by atoms with Crippen molar-refractivity contribution in [3.8, 4) is 0 Å². The monoisotopic (exact) mass is 386 g/mol. The number of carbonyl (C=O) groups is 2. The Hall–Kier alpha value is -3.43. The number of carbonyl (C=O) groups excluding carboxylic acids is 2. The molecule has 144 valence electrons. The number of hydrogen-bond acceptors (Lipinski definition) is 5. The molecule has 1 atom stereocenters. The molecule has 8 nitrogen and oxygen atoms in total. The molecule has 0 radical (unpaired) electrons. The van der Waals surface area contributed by atoms with Gasteiger partial charge in [0, 0.05) is 24.7 Å². The van der Waals surface area contributed by atoms with Gasteiger partial charge in [-0.2, -0.15) is 10.3 Å². The quantitative estimate of drug-likeness (QED) is 0.708. The first kappa shape index (κ1) is 18.0. The zero-order valence-electron chi connectivity index (χ0n) is 14.7. The summed E-state index contributed by atoms with van der Waals surface area (Å²) in [5.74, 6) is -2.19. The third-order valence-electron chi connectivity index (χ3n) is 4.63. The van der Waals surface area contributed by atoms with Crippen molar-refractivity contribution in [2.24, 2.45) is 0 Å². The Morgan fingerprint density at radius 3 is 2.93 bits per heavy atom. The van der Waals surface area contributed by atoms with Gasteiger partial charge >= 0.3 is 0 Å². The average molecular weight is 386 g/mol. The lowest BCUT2D eigenvalue weighted by molar-refractivity contribution is -0.136. The molecule has 0 saturated carbocycles. The maximum Gasteiger partial charge on any atom is 0.270 e. The van der Waals surface area contributed by atoms with Gasteiger partial charge in [0.1, 0.15) is 28.9 Å². The Kier molecular flexibility index (Phi) is 4.68. The normalized spacial score (nSPS) is 17.1. The summed E-state index contributed by atoms with van der Waals surface area (Å²) in [5, 5.41) is 12.8. The van der Waals surface area contributed by atoms with E-state index in [1.807, 2.05) is 0 Å². The van der Waals surface area contributed by atoms with Crippen LogP contribution in [0.2, 0.25) is 0 Å². The Labute approximate surface area is 157 Å². The van der Waals surface area contributed by atoms with Crippen molar-refractivity contribution < 1.29 is 18.4 Å². The summed E-state index contributed by atoms with van der Waals surface area (Å²) in [4.78, 5) is 30.8. The molecular weight excluding hydrogens is 370 g/mol. The molecule has 3 aromatic rings. The van der Waals surface area contributed by atoms with Gasteiger partial charge in [0.05, 0.1) is 0 Å². The van der Waals surface area contributed by atoms with Crippen molar-refractivity contribution in [3.05, 3.63) is 53.2 Å². The molecule has 2 aromatic heterocycles. The molecule has 0 spiro atoms. The number of nitrogens with zero attached hydrogens (tertiary/aromatic N) is 4. The molecule has 4 rings (SSSR count). The minimum atomic E-state index is -0.737. The number of fused-ring (bicyclic) bond motifs is 1. The van der Waals surface area contributed by atoms with Gasteiger partial charge in [-0.25, -0.2) is 13.8 Å². The number of rotatable bonds is 4. The van der Waals surface area contributed by atoms with Crippen LogP contribution in [0.3, 0.4) is 0 Å². The van der Waals surface area contributed by atoms with Crippen LogP contribution in [0, 0.1) is 11.6 Å². The lowest BCUT2D eigenvalue weighted by Crippen LogP contribution is -2.52. The van der Waals surface area contributed by atoms with E-state index in [9.17, 15) is 18.4 Å². The molecule has 0 bridgehead atoms. The molecule has 1 aromatic carbocycles. The Bertz CT molecular complexity index is 1050. The molecule has 28 heavy (non-hydrogen) atoms. The van der Waals surface area contributed by atoms with E-state index in [-0.39, 0.29) is 23.7 Å². The topological polar surface area (TPSA) is 104 Å². The van der Waals surface area contributed by atoms with Gasteiger partial charge in [0.2, 0.25) is 11.6 Å². The number of aromatic nitrogens is 4. The maximum atomic E-state index is 13.9. The number of aromatic amines is 1. The fourth-order valence-electron chi connectivity index (χ4n) is 3.18. The molecular formula is C18H16F2N6O2. The van der Waals surface area contributed by atoms with E-state index < -0.39 is 23.6 Å². The molecule has 1 saturated heterocycles. The molecule has 2 amide bonds. The highest BCUT2D eigenvalue weighted by molar-refractivity contribution is 5.97. The Morgan fingerprint density at radius 1 is 1.25 bits per heavy atom. The summed E-state index contributed by atoms with van der Waals surface area (Å²) in [6.45, 7) is 0.450. The van der Waals surface area contributed by atoms with Gasteiger partial charge in [0.15, 0.2) is 0 Å². The van der Waals surface area contributed by atoms with Crippen molar-refractivity contribution >= 4 is 23.0 Å². The van der Waals surface area contributed by atoms with Crippen LogP contribution in [0.25, 0.3) is 11.2 Å². The van der Waals surface area contributed by atoms with Crippen molar-refractivity contribution in [2.45, 2.75) is 25.4 Å². The van der Waals surface area contributed by atoms with Gasteiger partial charge in [-0.1, -0.05) is 6.07 Å². The molecule has 1 aliphatic rings. The third kappa shape index (κ3) is 3.53. The molecule has 2 N–H and O–H groups in total. The predicted molar refractivity (Wildman–Crippen MR) is 93.9 cm³/mol. The van der Waals surface area contributed by atoms with Crippen LogP contribution >= 0.6 is 0 Å². The highest BCUT2D eigenvalue weighted by Gasteiger charge is 2.31. The van der Waals surface area contributed by atoms with Crippen molar-refractivity contribution in [1.29, 1.82) is 0 Å². The lowest BCUT2D eigenvalue weighted by atomic mass is 10.0. The largest absolute Gasteiger partial charge is 0.339 e. The van der Waals surface area contributed by atoms with Crippen LogP contribution in [0.1, 0.15) is 28.9 Å². The number of H-pyrrole nitrogens is 1. The number of nitrogens with one attached hydrogen (secondary N) is 2. The second-order valence-electron chi connectivity index (χ2n) is 6.53. The fraction of sp³-hybridized carbons (Fsp3) is 0.278. The van der Waals surface area contributed by atoms with Crippen molar-refractivity contribution in [3.63, 3.8) is 0 Å². The number of hydrogen-bond donors (Lipinski definition) is 2. The van der Waals surface area contributed by atoms with Crippen LogP contribution in [0.5, 0.6) is 0 Å². The van der Waals surface area contributed by atoms with Gasteiger partial charge < -0.3 is 10.2 Å². The highest BCUT2D eigenvalue weighted by atomic mass is 19.1. The average Bonchev–Trinajstić information content (AvgIpc) is 3.14. The molecule has 3 heterocycles. The van der Waals surface area contributed by atoms with E-state index in [2.05, 4.69) is 25.7 Å². The van der Waals surface area contributed by atoms with E-state index in [1.54, 1.807) is 6.07 Å². The first-order valence-corrected chi connectivity index (χ1v) is 8.72. The van der Waals surface area contributed by atoms with Crippen molar-refractivity contribution in [2.75, 3.05) is 6.54 Å². The summed E-state index contributed by atoms with van der Waals surface area (Å²) < 4.78 is 27.0. The number of likely N-dealkylation sites (tertiary alicyclic amines) is 1. The van der Waals surface area contributed by atoms with E-state index in [1.165, 1.54) is 17.0 Å². The Balaban J connectivity index is 1.45. The predicted octanol–water partition coefficient (Wildman–Crippen LogP) is 1.55. The molecule has 0 unspecified atom stereocenters. The fourth-order valence-corrected chi connectivity index (χ4v) is 3.18. The van der Waals surface area contributed by atoms with E-state index in [0.29, 0.717) is 30.6 Å². The second kappa shape index (κ2) is 7.29. The van der Waals surface area contributed by atoms with Gasteiger partial charge in [-0.15, -0.1) is 5.10 Å². The summed E-state index contributed by atoms with van der Waals surface area (Å²) >= 11 is 0. The highest BCUT2D eigenvalue weighted by Crippen LogP contribution is 2.18. The minimum Gasteiger partial charge on any atom is -0.339 e. The zero-order valence-corrected chi connectivity index (χ0v) is 14.7. The Morgan fingerprint density at radius 2 is 2.11 bits per heavy atom. The van der Waals surface area contributed by atoms with Gasteiger partial charge in [-0.05, 0) is 31.0 Å². The summed E-state index contributed by atoms with van der Waals surface area (Å²) in [6.07, 6.45) is 1.12. The zero-order chi connectivity index (χ0) is 19.7. The van der Waals surface area contributed by atoms with Crippen LogP contribution in [-0.2, 0) is 11.3 Å². The van der Waals surface area contributed by atoms with Crippen molar-refractivity contribution in [1.82, 2.24) is 30.6 Å². The number of amides is 2. The smallest absolute Gasteiger partial charge is 0.270 e. The summed E-state index contributed by atoms with van der Waals surface area (Å²) in [7, 11) is 0. The molecule has 1 aliphatic heterocycles. The van der Waals surface area contributed by atoms with Gasteiger partial charge in [0.25, 0.3) is 5.91 Å². The van der Waals surface area contributed by atoms with E-state index >= 15 is 0 Å². The first-order chi connectivity index (χ1) is 13.5. The molecule has 0 aliphatic carbocycles. The van der Waals surface area contributed by atoms with Crippen LogP contribution < -0.4 is 5.32 Å². The third-order valence-corrected chi connectivity index (χ3v) is 4.63. The SMILES string of the molecule is O=C(N[C@@H]1CCCN(Cc2ccc(F)cc2F)C1=O)c1ccc2n[nH]nc2n1. The number of halogens is 2. The number of benzene rings is 1. The van der Waals surface area contributed by atoms with E-state index in [0.717, 1.165) is 12.1 Å². The maximum absolute atomic E-state index is 13.9. The minimum absolute atomic E-state index is 0.0144. The molecule has 1 fully saturated rings. The number of piperidine rings is 1. The van der Waals surface area contributed by atoms with Crippen LogP contribution in [0.4, 0.5) is 8.78 Å². The van der Waals surface area contributed by atoms with Crippen LogP contribution in [-0.4, -0.2) is 49.7 Å². The summed E-state index contributed by atoms with van der Waals surface area (Å²) in [5.41, 5.74) is 1.17. The molecule has 10 heteroatoms. The second-order valence-corrected chi connectivity index (χ2v) is 6.53. The lowest BCUT2D eigenvalue weighted by Gasteiger charge is -2.32. The van der Waals surface area contributed by atoms with Gasteiger partial charge in [-0.3, -0.25) is 9.59 Å². The van der Waals surface area contributed by atoms with E-state index in [4.69, 9.17) is 0 Å². The first-order valence-electron chi connectivity index (χ1n) is 8.72. The number of pyridine rings is 1. The summed E-state index contributed by atoms with van der Waals surface area (Å²) in [6, 6.07) is 5.62.